The van der Waals surface area contributed by atoms with Gasteiger partial charge >= 0.3 is 0 Å². The number of carbonyl (C=O) groups excluding carboxylic acids is 1. The van der Waals surface area contributed by atoms with Gasteiger partial charge in [0.25, 0.3) is 0 Å². The highest BCUT2D eigenvalue weighted by molar-refractivity contribution is 5.90. The third kappa shape index (κ3) is 4.55. The van der Waals surface area contributed by atoms with Gasteiger partial charge in [-0.15, -0.1) is 0 Å². The van der Waals surface area contributed by atoms with Crippen molar-refractivity contribution in [1.29, 1.82) is 0 Å². The summed E-state index contributed by atoms with van der Waals surface area (Å²) in [4.78, 5) is 11.9. The number of hydrogen-bond donors (Lipinski definition) is 2. The van der Waals surface area contributed by atoms with Crippen LogP contribution in [0, 0.1) is 0 Å². The molecule has 0 aromatic heterocycles. The highest BCUT2D eigenvalue weighted by Gasteiger charge is 2.13. The van der Waals surface area contributed by atoms with E-state index in [1.807, 2.05) is 30.3 Å². The Morgan fingerprint density at radius 1 is 0.917 bits per heavy atom. The van der Waals surface area contributed by atoms with Crippen LogP contribution in [-0.4, -0.2) is 33.8 Å². The van der Waals surface area contributed by atoms with E-state index in [-0.39, 0.29) is 5.91 Å². The zero-order valence-corrected chi connectivity index (χ0v) is 14.1. The van der Waals surface area contributed by atoms with Gasteiger partial charge in [0.1, 0.15) is 0 Å². The highest BCUT2D eigenvalue weighted by Crippen LogP contribution is 2.39. The Labute approximate surface area is 141 Å². The van der Waals surface area contributed by atoms with Gasteiger partial charge in [0.15, 0.2) is 11.5 Å². The van der Waals surface area contributed by atoms with Crippen molar-refractivity contribution >= 4 is 17.3 Å². The van der Waals surface area contributed by atoms with E-state index >= 15 is 0 Å². The number of para-hydroxylation sites is 1. The zero-order valence-electron chi connectivity index (χ0n) is 14.1. The third-order valence-electron chi connectivity index (χ3n) is 3.40. The van der Waals surface area contributed by atoms with Gasteiger partial charge in [-0.25, -0.2) is 0 Å². The molecule has 0 aliphatic carbocycles. The summed E-state index contributed by atoms with van der Waals surface area (Å²) in [7, 11) is 4.68. The smallest absolute Gasteiger partial charge is 0.226 e. The summed E-state index contributed by atoms with van der Waals surface area (Å²) in [6.45, 7) is 0.483. The van der Waals surface area contributed by atoms with Gasteiger partial charge < -0.3 is 24.8 Å². The van der Waals surface area contributed by atoms with E-state index in [4.69, 9.17) is 14.2 Å². The van der Waals surface area contributed by atoms with Gasteiger partial charge in [0, 0.05) is 36.5 Å². The Hall–Kier alpha value is -2.89. The second-order valence-electron chi connectivity index (χ2n) is 5.00. The van der Waals surface area contributed by atoms with E-state index in [0.717, 1.165) is 11.4 Å². The number of methoxy groups -OCH3 is 3. The SMILES string of the molecule is COc1cc(NCCC(=O)Nc2ccccc2)cc(OC)c1OC. The number of anilines is 2. The standard InChI is InChI=1S/C18H22N2O4/c1-22-15-11-14(12-16(23-2)18(15)24-3)19-10-9-17(21)20-13-7-5-4-6-8-13/h4-8,11-12,19H,9-10H2,1-3H3,(H,20,21). The first-order valence-corrected chi connectivity index (χ1v) is 7.56. The molecule has 0 spiro atoms. The molecule has 0 aliphatic rings. The van der Waals surface area contributed by atoms with E-state index in [1.54, 1.807) is 33.5 Å². The number of benzene rings is 2. The Bertz CT molecular complexity index is 649. The number of hydrogen-bond acceptors (Lipinski definition) is 5. The van der Waals surface area contributed by atoms with Crippen LogP contribution in [0.15, 0.2) is 42.5 Å². The van der Waals surface area contributed by atoms with E-state index in [0.29, 0.717) is 30.2 Å². The lowest BCUT2D eigenvalue weighted by Crippen LogP contribution is -2.16. The number of rotatable bonds is 8. The molecule has 0 unspecified atom stereocenters. The minimum absolute atomic E-state index is 0.0545. The van der Waals surface area contributed by atoms with Gasteiger partial charge in [0.05, 0.1) is 21.3 Å². The molecule has 0 radical (unpaired) electrons. The molecule has 24 heavy (non-hydrogen) atoms. The Kier molecular flexibility index (Phi) is 6.31. The van der Waals surface area contributed by atoms with E-state index in [9.17, 15) is 4.79 Å². The molecule has 0 fully saturated rings. The minimum Gasteiger partial charge on any atom is -0.493 e. The van der Waals surface area contributed by atoms with Crippen LogP contribution < -0.4 is 24.8 Å². The zero-order chi connectivity index (χ0) is 17.4. The normalized spacial score (nSPS) is 9.96. The molecule has 2 aromatic rings. The molecule has 0 saturated heterocycles. The van der Waals surface area contributed by atoms with Crippen LogP contribution in [0.3, 0.4) is 0 Å². The first kappa shape index (κ1) is 17.5. The predicted octanol–water partition coefficient (Wildman–Crippen LogP) is 3.15. The van der Waals surface area contributed by atoms with Crippen LogP contribution in [0.5, 0.6) is 17.2 Å². The summed E-state index contributed by atoms with van der Waals surface area (Å²) >= 11 is 0. The van der Waals surface area contributed by atoms with Crippen molar-refractivity contribution in [3.63, 3.8) is 0 Å². The molecular formula is C18H22N2O4. The highest BCUT2D eigenvalue weighted by atomic mass is 16.5. The first-order valence-electron chi connectivity index (χ1n) is 7.56. The van der Waals surface area contributed by atoms with Crippen LogP contribution in [0.2, 0.25) is 0 Å². The molecule has 0 heterocycles. The largest absolute Gasteiger partial charge is 0.493 e. The molecule has 0 atom stereocenters. The molecule has 2 rings (SSSR count). The Morgan fingerprint density at radius 2 is 1.54 bits per heavy atom. The maximum Gasteiger partial charge on any atom is 0.226 e. The maximum absolute atomic E-state index is 11.9. The third-order valence-corrected chi connectivity index (χ3v) is 3.40. The van der Waals surface area contributed by atoms with E-state index in [2.05, 4.69) is 10.6 Å². The van der Waals surface area contributed by atoms with Crippen molar-refractivity contribution in [3.8, 4) is 17.2 Å². The topological polar surface area (TPSA) is 68.8 Å². The van der Waals surface area contributed by atoms with Crippen molar-refractivity contribution in [3.05, 3.63) is 42.5 Å². The second-order valence-corrected chi connectivity index (χ2v) is 5.00. The van der Waals surface area contributed by atoms with Crippen molar-refractivity contribution in [2.24, 2.45) is 0 Å². The average molecular weight is 330 g/mol. The summed E-state index contributed by atoms with van der Waals surface area (Å²) in [5, 5.41) is 6.03. The predicted molar refractivity (Wildman–Crippen MR) is 94.3 cm³/mol. The molecule has 128 valence electrons. The molecule has 0 bridgehead atoms. The Morgan fingerprint density at radius 3 is 2.08 bits per heavy atom. The van der Waals surface area contributed by atoms with Crippen molar-refractivity contribution in [2.75, 3.05) is 38.5 Å². The number of amides is 1. The van der Waals surface area contributed by atoms with E-state index < -0.39 is 0 Å². The summed E-state index contributed by atoms with van der Waals surface area (Å²) in [5.41, 5.74) is 1.58. The lowest BCUT2D eigenvalue weighted by Gasteiger charge is -2.15. The van der Waals surface area contributed by atoms with Crippen molar-refractivity contribution in [1.82, 2.24) is 0 Å². The first-order chi connectivity index (χ1) is 11.7. The fraction of sp³-hybridized carbons (Fsp3) is 0.278. The average Bonchev–Trinajstić information content (AvgIpc) is 2.61. The monoisotopic (exact) mass is 330 g/mol. The quantitative estimate of drug-likeness (QED) is 0.778. The van der Waals surface area contributed by atoms with Crippen LogP contribution in [0.4, 0.5) is 11.4 Å². The fourth-order valence-corrected chi connectivity index (χ4v) is 2.25. The van der Waals surface area contributed by atoms with Gasteiger partial charge in [0.2, 0.25) is 11.7 Å². The maximum atomic E-state index is 11.9. The molecular weight excluding hydrogens is 308 g/mol. The fourth-order valence-electron chi connectivity index (χ4n) is 2.25. The molecule has 6 heteroatoms. The Balaban J connectivity index is 1.93. The van der Waals surface area contributed by atoms with Crippen molar-refractivity contribution in [2.45, 2.75) is 6.42 Å². The summed E-state index contributed by atoms with van der Waals surface area (Å²) in [5.74, 6) is 1.61. The number of nitrogens with one attached hydrogen (secondary N) is 2. The summed E-state index contributed by atoms with van der Waals surface area (Å²) in [6.07, 6.45) is 0.339. The molecule has 0 saturated carbocycles. The van der Waals surface area contributed by atoms with Gasteiger partial charge in [-0.2, -0.15) is 0 Å². The lowest BCUT2D eigenvalue weighted by atomic mass is 10.2. The van der Waals surface area contributed by atoms with Gasteiger partial charge in [-0.05, 0) is 12.1 Å². The molecule has 1 amide bonds. The molecule has 2 N–H and O–H groups in total. The van der Waals surface area contributed by atoms with Crippen LogP contribution in [0.1, 0.15) is 6.42 Å². The molecule has 6 nitrogen and oxygen atoms in total. The number of carbonyl (C=O) groups is 1. The van der Waals surface area contributed by atoms with Crippen molar-refractivity contribution < 1.29 is 19.0 Å². The summed E-state index contributed by atoms with van der Waals surface area (Å²) < 4.78 is 15.9. The lowest BCUT2D eigenvalue weighted by molar-refractivity contribution is -0.115. The number of ether oxygens (including phenoxy) is 3. The second kappa shape index (κ2) is 8.67. The molecule has 0 aliphatic heterocycles. The van der Waals surface area contributed by atoms with Gasteiger partial charge in [-0.3, -0.25) is 4.79 Å². The van der Waals surface area contributed by atoms with Crippen LogP contribution in [0.25, 0.3) is 0 Å². The van der Waals surface area contributed by atoms with Crippen LogP contribution >= 0.6 is 0 Å². The summed E-state index contributed by atoms with van der Waals surface area (Å²) in [6, 6.07) is 13.0. The minimum atomic E-state index is -0.0545. The van der Waals surface area contributed by atoms with Crippen LogP contribution in [-0.2, 0) is 4.79 Å². The molecule has 2 aromatic carbocycles. The van der Waals surface area contributed by atoms with E-state index in [1.165, 1.54) is 0 Å². The van der Waals surface area contributed by atoms with Gasteiger partial charge in [-0.1, -0.05) is 18.2 Å².